The van der Waals surface area contributed by atoms with Crippen LogP contribution in [0.15, 0.2) is 17.0 Å². The van der Waals surface area contributed by atoms with Crippen molar-refractivity contribution in [2.45, 2.75) is 46.1 Å². The highest BCUT2D eigenvalue weighted by Crippen LogP contribution is 2.41. The van der Waals surface area contributed by atoms with E-state index < -0.39 is 0 Å². The molecule has 0 spiro atoms. The Hall–Kier alpha value is -2.74. The summed E-state index contributed by atoms with van der Waals surface area (Å²) in [6, 6.07) is 0. The maximum atomic E-state index is 6.44. The van der Waals surface area contributed by atoms with Gasteiger partial charge < -0.3 is 15.1 Å². The third kappa shape index (κ3) is 3.28. The quantitative estimate of drug-likeness (QED) is 0.652. The number of hydrogen-bond acceptors (Lipinski definition) is 8. The number of fused-ring (bicyclic) bond motifs is 1. The molecule has 28 heavy (non-hydrogen) atoms. The first-order valence-electron chi connectivity index (χ1n) is 9.24. The van der Waals surface area contributed by atoms with E-state index >= 15 is 0 Å². The van der Waals surface area contributed by atoms with Gasteiger partial charge in [-0.1, -0.05) is 18.5 Å². The second-order valence-corrected chi connectivity index (χ2v) is 7.43. The minimum atomic E-state index is 0.0416. The molecule has 0 unspecified atom stereocenters. The van der Waals surface area contributed by atoms with Crippen molar-refractivity contribution in [2.24, 2.45) is 0 Å². The lowest BCUT2D eigenvalue weighted by molar-refractivity contribution is 0.473. The van der Waals surface area contributed by atoms with Crippen LogP contribution in [0.25, 0.3) is 0 Å². The lowest BCUT2D eigenvalue weighted by Crippen LogP contribution is -2.24. The van der Waals surface area contributed by atoms with Crippen molar-refractivity contribution < 1.29 is 4.42 Å². The maximum Gasteiger partial charge on any atom is 0.223 e. The second-order valence-electron chi connectivity index (χ2n) is 7.07. The molecule has 0 saturated carbocycles. The molecule has 8 nitrogen and oxygen atoms in total. The number of rotatable bonds is 5. The van der Waals surface area contributed by atoms with E-state index in [9.17, 15) is 0 Å². The smallest absolute Gasteiger partial charge is 0.223 e. The van der Waals surface area contributed by atoms with Crippen molar-refractivity contribution in [1.29, 1.82) is 0 Å². The Bertz CT molecular complexity index is 1010. The van der Waals surface area contributed by atoms with Crippen molar-refractivity contribution in [2.75, 3.05) is 17.2 Å². The molecule has 2 N–H and O–H groups in total. The van der Waals surface area contributed by atoms with E-state index in [1.54, 1.807) is 0 Å². The summed E-state index contributed by atoms with van der Waals surface area (Å²) in [5, 5.41) is 8.13. The summed E-state index contributed by atoms with van der Waals surface area (Å²) in [5.74, 6) is 1.51. The first kappa shape index (κ1) is 18.6. The van der Waals surface area contributed by atoms with Crippen LogP contribution in [0.5, 0.6) is 0 Å². The normalized spacial score (nSPS) is 15.9. The summed E-state index contributed by atoms with van der Waals surface area (Å²) in [7, 11) is 0. The van der Waals surface area contributed by atoms with Gasteiger partial charge in [0.25, 0.3) is 0 Å². The van der Waals surface area contributed by atoms with Gasteiger partial charge >= 0.3 is 0 Å². The summed E-state index contributed by atoms with van der Waals surface area (Å²) in [6.07, 6.45) is 4.81. The zero-order valence-electron chi connectivity index (χ0n) is 16.1. The summed E-state index contributed by atoms with van der Waals surface area (Å²) in [4.78, 5) is 15.5. The number of nitrogens with two attached hydrogens (primary N) is 1. The largest absolute Gasteiger partial charge is 0.428 e. The Morgan fingerprint density at radius 3 is 2.86 bits per heavy atom. The van der Waals surface area contributed by atoms with Gasteiger partial charge in [0.05, 0.1) is 12.2 Å². The number of anilines is 2. The zero-order valence-corrected chi connectivity index (χ0v) is 16.9. The summed E-state index contributed by atoms with van der Waals surface area (Å²) >= 11 is 6.44. The summed E-state index contributed by atoms with van der Waals surface area (Å²) in [5.41, 5.74) is 11.5. The monoisotopic (exact) mass is 399 g/mol. The molecule has 4 rings (SSSR count). The van der Waals surface area contributed by atoms with Gasteiger partial charge in [-0.05, 0) is 37.0 Å². The van der Waals surface area contributed by atoms with E-state index in [-0.39, 0.29) is 11.9 Å². The number of aryl methyl sites for hydroxylation is 1. The van der Waals surface area contributed by atoms with E-state index in [0.717, 1.165) is 23.5 Å². The SMILES string of the molecule is CCc1c(C)cnc(CN2C[C@@H](Cc3nnco3)c3c(Cl)nc(N)nc32)c1C. The minimum absolute atomic E-state index is 0.0416. The topological polar surface area (TPSA) is 107 Å². The highest BCUT2D eigenvalue weighted by atomic mass is 35.5. The number of nitrogens with zero attached hydrogens (tertiary/aromatic N) is 6. The van der Waals surface area contributed by atoms with Crippen LogP contribution < -0.4 is 10.6 Å². The minimum Gasteiger partial charge on any atom is -0.428 e. The van der Waals surface area contributed by atoms with Gasteiger partial charge in [-0.25, -0.2) is 4.98 Å². The fourth-order valence-corrected chi connectivity index (χ4v) is 4.31. The third-order valence-electron chi connectivity index (χ3n) is 5.34. The van der Waals surface area contributed by atoms with E-state index in [1.807, 2.05) is 6.20 Å². The molecule has 1 atom stereocenters. The highest BCUT2D eigenvalue weighted by Gasteiger charge is 2.35. The molecular weight excluding hydrogens is 378 g/mol. The van der Waals surface area contributed by atoms with Gasteiger partial charge in [-0.2, -0.15) is 4.98 Å². The molecule has 0 aromatic carbocycles. The van der Waals surface area contributed by atoms with Crippen LogP contribution in [0.2, 0.25) is 5.15 Å². The number of pyridine rings is 1. The molecule has 146 valence electrons. The van der Waals surface area contributed by atoms with Crippen molar-refractivity contribution in [3.8, 4) is 0 Å². The average Bonchev–Trinajstić information content (AvgIpc) is 3.27. The van der Waals surface area contributed by atoms with Gasteiger partial charge in [0.2, 0.25) is 18.2 Å². The van der Waals surface area contributed by atoms with Crippen LogP contribution in [0.4, 0.5) is 11.8 Å². The van der Waals surface area contributed by atoms with Crippen LogP contribution in [0, 0.1) is 13.8 Å². The molecule has 0 bridgehead atoms. The Morgan fingerprint density at radius 2 is 2.14 bits per heavy atom. The molecule has 1 aliphatic rings. The maximum absolute atomic E-state index is 6.44. The molecule has 1 aliphatic heterocycles. The molecule has 0 aliphatic carbocycles. The van der Waals surface area contributed by atoms with Crippen LogP contribution >= 0.6 is 11.6 Å². The Labute approximate surface area is 168 Å². The molecule has 0 radical (unpaired) electrons. The molecule has 0 saturated heterocycles. The predicted octanol–water partition coefficient (Wildman–Crippen LogP) is 3.02. The van der Waals surface area contributed by atoms with Gasteiger partial charge in [-0.3, -0.25) is 4.98 Å². The molecule has 4 heterocycles. The molecule has 9 heteroatoms. The van der Waals surface area contributed by atoms with E-state index in [4.69, 9.17) is 21.8 Å². The third-order valence-corrected chi connectivity index (χ3v) is 5.63. The standard InChI is InChI=1S/C19H22ClN7O/c1-4-13-10(2)6-22-14(11(13)3)8-27-7-12(5-15-26-23-9-28-15)16-17(20)24-19(21)25-18(16)27/h6,9,12H,4-5,7-8H2,1-3H3,(H2,21,24,25)/t12-/m1/s1. The molecule has 0 fully saturated rings. The second kappa shape index (κ2) is 7.35. The Morgan fingerprint density at radius 1 is 1.32 bits per heavy atom. The van der Waals surface area contributed by atoms with Crippen molar-refractivity contribution in [3.63, 3.8) is 0 Å². The van der Waals surface area contributed by atoms with E-state index in [2.05, 4.69) is 50.8 Å². The van der Waals surface area contributed by atoms with Gasteiger partial charge in [-0.15, -0.1) is 10.2 Å². The average molecular weight is 400 g/mol. The van der Waals surface area contributed by atoms with Gasteiger partial charge in [0, 0.05) is 30.6 Å². The fourth-order valence-electron chi connectivity index (χ4n) is 3.99. The Kier molecular flexibility index (Phi) is 4.89. The van der Waals surface area contributed by atoms with Crippen LogP contribution in [-0.4, -0.2) is 31.7 Å². The Balaban J connectivity index is 1.69. The predicted molar refractivity (Wildman–Crippen MR) is 106 cm³/mol. The molecular formula is C19H22ClN7O. The van der Waals surface area contributed by atoms with E-state index in [1.165, 1.54) is 23.1 Å². The fraction of sp³-hybridized carbons (Fsp3) is 0.421. The first-order chi connectivity index (χ1) is 13.5. The lowest BCUT2D eigenvalue weighted by Gasteiger charge is -2.21. The van der Waals surface area contributed by atoms with Crippen molar-refractivity contribution >= 4 is 23.4 Å². The van der Waals surface area contributed by atoms with Gasteiger partial charge in [0.1, 0.15) is 11.0 Å². The lowest BCUT2D eigenvalue weighted by atomic mass is 10.0. The number of aromatic nitrogens is 5. The summed E-state index contributed by atoms with van der Waals surface area (Å²) < 4.78 is 5.33. The molecule has 0 amide bonds. The zero-order chi connectivity index (χ0) is 19.8. The molecule has 3 aromatic heterocycles. The first-order valence-corrected chi connectivity index (χ1v) is 9.62. The van der Waals surface area contributed by atoms with E-state index in [0.29, 0.717) is 30.6 Å². The number of halogens is 1. The van der Waals surface area contributed by atoms with Crippen LogP contribution in [0.1, 0.15) is 46.7 Å². The van der Waals surface area contributed by atoms with Gasteiger partial charge in [0.15, 0.2) is 0 Å². The van der Waals surface area contributed by atoms with Crippen molar-refractivity contribution in [3.05, 3.63) is 51.6 Å². The highest BCUT2D eigenvalue weighted by molar-refractivity contribution is 6.30. The van der Waals surface area contributed by atoms with Crippen LogP contribution in [0.3, 0.4) is 0 Å². The van der Waals surface area contributed by atoms with Crippen molar-refractivity contribution in [1.82, 2.24) is 25.1 Å². The number of nitrogen functional groups attached to an aromatic ring is 1. The summed E-state index contributed by atoms with van der Waals surface area (Å²) in [6.45, 7) is 7.72. The van der Waals surface area contributed by atoms with Crippen LogP contribution in [-0.2, 0) is 19.4 Å². The molecule has 3 aromatic rings. The number of hydrogen-bond donors (Lipinski definition) is 1.